The number of hydrogen-bond donors (Lipinski definition) is 1. The zero-order chi connectivity index (χ0) is 16.8. The number of carbonyl (C=O) groups is 1. The molecule has 0 amide bonds. The van der Waals surface area contributed by atoms with E-state index in [0.717, 1.165) is 18.8 Å². The van der Waals surface area contributed by atoms with Gasteiger partial charge in [0.2, 0.25) is 0 Å². The van der Waals surface area contributed by atoms with E-state index in [1.54, 1.807) is 0 Å². The van der Waals surface area contributed by atoms with Crippen molar-refractivity contribution < 1.29 is 14.6 Å². The van der Waals surface area contributed by atoms with Crippen molar-refractivity contribution in [2.45, 2.75) is 91.3 Å². The third-order valence-electron chi connectivity index (χ3n) is 4.26. The van der Waals surface area contributed by atoms with Crippen LogP contribution in [0.3, 0.4) is 0 Å². The molecule has 0 heterocycles. The SMILES string of the molecule is CC(C)CCCC(C)CC1=CC(O)(CC(=O)OC(C)C)CC1. The lowest BCUT2D eigenvalue weighted by molar-refractivity contribution is -0.151. The number of allylic oxidation sites excluding steroid dienone is 1. The molecule has 0 aliphatic heterocycles. The maximum atomic E-state index is 11.7. The minimum atomic E-state index is -0.987. The Labute approximate surface area is 136 Å². The van der Waals surface area contributed by atoms with Crippen molar-refractivity contribution in [3.63, 3.8) is 0 Å². The fourth-order valence-electron chi connectivity index (χ4n) is 3.18. The van der Waals surface area contributed by atoms with Gasteiger partial charge in [-0.25, -0.2) is 0 Å². The van der Waals surface area contributed by atoms with Crippen LogP contribution in [0, 0.1) is 11.8 Å². The van der Waals surface area contributed by atoms with Crippen molar-refractivity contribution in [3.05, 3.63) is 11.6 Å². The Bertz CT molecular complexity index is 384. The van der Waals surface area contributed by atoms with Crippen LogP contribution in [0.15, 0.2) is 11.6 Å². The van der Waals surface area contributed by atoms with E-state index in [9.17, 15) is 9.90 Å². The Kier molecular flexibility index (Phi) is 7.61. The normalized spacial score (nSPS) is 23.0. The summed E-state index contributed by atoms with van der Waals surface area (Å²) in [5.41, 5.74) is 0.316. The molecule has 3 nitrogen and oxygen atoms in total. The maximum absolute atomic E-state index is 11.7. The van der Waals surface area contributed by atoms with Gasteiger partial charge in [0.25, 0.3) is 0 Å². The zero-order valence-electron chi connectivity index (χ0n) is 15.0. The number of hydrogen-bond acceptors (Lipinski definition) is 3. The number of esters is 1. The lowest BCUT2D eigenvalue weighted by Crippen LogP contribution is -2.28. The quantitative estimate of drug-likeness (QED) is 0.499. The summed E-state index contributed by atoms with van der Waals surface area (Å²) in [4.78, 5) is 11.7. The molecule has 0 bridgehead atoms. The van der Waals surface area contributed by atoms with Crippen molar-refractivity contribution >= 4 is 5.97 Å². The predicted octanol–water partition coefficient (Wildman–Crippen LogP) is 4.63. The molecule has 0 radical (unpaired) electrons. The van der Waals surface area contributed by atoms with E-state index < -0.39 is 5.60 Å². The van der Waals surface area contributed by atoms with Gasteiger partial charge in [-0.1, -0.05) is 51.7 Å². The van der Waals surface area contributed by atoms with Crippen LogP contribution in [-0.2, 0) is 9.53 Å². The summed E-state index contributed by atoms with van der Waals surface area (Å²) in [6, 6.07) is 0. The van der Waals surface area contributed by atoms with Crippen LogP contribution in [0.1, 0.15) is 79.6 Å². The van der Waals surface area contributed by atoms with E-state index in [1.165, 1.54) is 24.8 Å². The molecule has 1 aliphatic carbocycles. The molecule has 0 fully saturated rings. The van der Waals surface area contributed by atoms with Gasteiger partial charge in [0, 0.05) is 0 Å². The monoisotopic (exact) mass is 310 g/mol. The fourth-order valence-corrected chi connectivity index (χ4v) is 3.18. The van der Waals surface area contributed by atoms with E-state index in [2.05, 4.69) is 20.8 Å². The first-order chi connectivity index (χ1) is 10.2. The minimum absolute atomic E-state index is 0.0798. The molecule has 1 rings (SSSR count). The highest BCUT2D eigenvalue weighted by Gasteiger charge is 2.33. The molecule has 1 aliphatic rings. The van der Waals surface area contributed by atoms with Crippen LogP contribution in [0.2, 0.25) is 0 Å². The van der Waals surface area contributed by atoms with Gasteiger partial charge < -0.3 is 9.84 Å². The van der Waals surface area contributed by atoms with Crippen molar-refractivity contribution in [2.24, 2.45) is 11.8 Å². The van der Waals surface area contributed by atoms with Gasteiger partial charge in [0.15, 0.2) is 0 Å². The average molecular weight is 310 g/mol. The van der Waals surface area contributed by atoms with E-state index in [0.29, 0.717) is 12.3 Å². The van der Waals surface area contributed by atoms with Gasteiger partial charge >= 0.3 is 5.97 Å². The number of rotatable bonds is 9. The highest BCUT2D eigenvalue weighted by molar-refractivity contribution is 5.71. The first-order valence-electron chi connectivity index (χ1n) is 8.82. The molecule has 128 valence electrons. The molecule has 0 aromatic heterocycles. The van der Waals surface area contributed by atoms with Gasteiger partial charge in [-0.3, -0.25) is 4.79 Å². The van der Waals surface area contributed by atoms with Gasteiger partial charge in [-0.2, -0.15) is 0 Å². The molecule has 0 spiro atoms. The highest BCUT2D eigenvalue weighted by atomic mass is 16.5. The van der Waals surface area contributed by atoms with E-state index >= 15 is 0 Å². The second kappa shape index (κ2) is 8.71. The third-order valence-corrected chi connectivity index (χ3v) is 4.26. The zero-order valence-corrected chi connectivity index (χ0v) is 15.0. The Morgan fingerprint density at radius 2 is 1.95 bits per heavy atom. The lowest BCUT2D eigenvalue weighted by atomic mass is 9.94. The van der Waals surface area contributed by atoms with Crippen molar-refractivity contribution in [3.8, 4) is 0 Å². The number of ether oxygens (including phenoxy) is 1. The molecule has 0 aromatic rings. The summed E-state index contributed by atoms with van der Waals surface area (Å²) < 4.78 is 5.14. The minimum Gasteiger partial charge on any atom is -0.463 e. The Morgan fingerprint density at radius 3 is 2.55 bits per heavy atom. The molecule has 2 atom stereocenters. The Balaban J connectivity index is 2.41. The first-order valence-corrected chi connectivity index (χ1v) is 8.82. The predicted molar refractivity (Wildman–Crippen MR) is 90.6 cm³/mol. The van der Waals surface area contributed by atoms with Crippen LogP contribution < -0.4 is 0 Å². The van der Waals surface area contributed by atoms with Crippen LogP contribution in [0.5, 0.6) is 0 Å². The van der Waals surface area contributed by atoms with Crippen molar-refractivity contribution in [1.29, 1.82) is 0 Å². The summed E-state index contributed by atoms with van der Waals surface area (Å²) in [6.07, 6.45) is 8.27. The van der Waals surface area contributed by atoms with Crippen molar-refractivity contribution in [2.75, 3.05) is 0 Å². The molecule has 0 aromatic carbocycles. The topological polar surface area (TPSA) is 46.5 Å². The molecule has 1 N–H and O–H groups in total. The number of carbonyl (C=O) groups excluding carboxylic acids is 1. The molecular weight excluding hydrogens is 276 g/mol. The smallest absolute Gasteiger partial charge is 0.309 e. The van der Waals surface area contributed by atoms with Gasteiger partial charge in [0.1, 0.15) is 0 Å². The largest absolute Gasteiger partial charge is 0.463 e. The van der Waals surface area contributed by atoms with Crippen LogP contribution in [0.4, 0.5) is 0 Å². The summed E-state index contributed by atoms with van der Waals surface area (Å²) in [5, 5.41) is 10.5. The second-order valence-electron chi connectivity index (χ2n) is 7.76. The van der Waals surface area contributed by atoms with Gasteiger partial charge in [0.05, 0.1) is 18.1 Å². The fraction of sp³-hybridized carbons (Fsp3) is 0.842. The van der Waals surface area contributed by atoms with E-state index in [4.69, 9.17) is 4.74 Å². The summed E-state index contributed by atoms with van der Waals surface area (Å²) in [6.45, 7) is 10.5. The molecule has 0 saturated heterocycles. The molecule has 3 heteroatoms. The summed E-state index contributed by atoms with van der Waals surface area (Å²) in [5.74, 6) is 1.12. The maximum Gasteiger partial charge on any atom is 0.309 e. The molecule has 0 saturated carbocycles. The lowest BCUT2D eigenvalue weighted by Gasteiger charge is -2.19. The molecule has 22 heavy (non-hydrogen) atoms. The molecular formula is C19H34O3. The standard InChI is InChI=1S/C19H34O3/c1-14(2)7-6-8-16(5)11-17-9-10-19(21,12-17)13-18(20)22-15(3)4/h12,14-16,21H,6-11,13H2,1-5H3. The summed E-state index contributed by atoms with van der Waals surface area (Å²) >= 11 is 0. The van der Waals surface area contributed by atoms with E-state index in [1.807, 2.05) is 19.9 Å². The third kappa shape index (κ3) is 7.44. The van der Waals surface area contributed by atoms with E-state index in [-0.39, 0.29) is 18.5 Å². The average Bonchev–Trinajstić information content (AvgIpc) is 2.68. The van der Waals surface area contributed by atoms with Gasteiger partial charge in [-0.05, 0) is 44.9 Å². The Morgan fingerprint density at radius 1 is 1.27 bits per heavy atom. The van der Waals surface area contributed by atoms with Crippen LogP contribution in [-0.4, -0.2) is 22.8 Å². The van der Waals surface area contributed by atoms with Gasteiger partial charge in [-0.15, -0.1) is 0 Å². The highest BCUT2D eigenvalue weighted by Crippen LogP contribution is 2.35. The van der Waals surface area contributed by atoms with Crippen molar-refractivity contribution in [1.82, 2.24) is 0 Å². The van der Waals surface area contributed by atoms with Crippen LogP contribution >= 0.6 is 0 Å². The molecule has 2 unspecified atom stereocenters. The Hall–Kier alpha value is -0.830. The van der Waals surface area contributed by atoms with Crippen LogP contribution in [0.25, 0.3) is 0 Å². The first kappa shape index (κ1) is 19.2. The summed E-state index contributed by atoms with van der Waals surface area (Å²) in [7, 11) is 0. The second-order valence-corrected chi connectivity index (χ2v) is 7.76. The number of aliphatic hydroxyl groups is 1.